The number of aliphatic hydroxyl groups is 1. The summed E-state index contributed by atoms with van der Waals surface area (Å²) in [7, 11) is 5.52. The van der Waals surface area contributed by atoms with E-state index in [0.29, 0.717) is 36.6 Å². The molecule has 182 valence electrons. The van der Waals surface area contributed by atoms with Crippen molar-refractivity contribution in [2.45, 2.75) is 33.2 Å². The van der Waals surface area contributed by atoms with Crippen LogP contribution in [-0.4, -0.2) is 67.5 Å². The Morgan fingerprint density at radius 1 is 1.09 bits per heavy atom. The van der Waals surface area contributed by atoms with Crippen LogP contribution in [0.25, 0.3) is 5.76 Å². The average molecular weight is 467 g/mol. The van der Waals surface area contributed by atoms with Crippen LogP contribution in [0.1, 0.15) is 41.6 Å². The number of carbonyl (C=O) groups excluding carboxylic acids is 2. The average Bonchev–Trinajstić information content (AvgIpc) is 3.05. The summed E-state index contributed by atoms with van der Waals surface area (Å²) in [6.07, 6.45) is 0.703. The standard InChI is InChI=1S/C27H34N2O5/c1-7-34-20-11-9-19(10-12-20)24-23(26(31)27(32)29(24)14-8-13-28(4)5)25(30)21-15-18(3)22(33-6)16-17(21)2/h9-12,15-16,24,30H,7-8,13-14H2,1-6H3/b25-23+. The highest BCUT2D eigenvalue weighted by Gasteiger charge is 2.46. The van der Waals surface area contributed by atoms with Gasteiger partial charge in [-0.1, -0.05) is 12.1 Å². The third-order valence-corrected chi connectivity index (χ3v) is 6.05. The first-order valence-electron chi connectivity index (χ1n) is 11.5. The molecule has 1 amide bonds. The molecule has 0 saturated carbocycles. The Morgan fingerprint density at radius 2 is 1.76 bits per heavy atom. The molecule has 0 radical (unpaired) electrons. The third kappa shape index (κ3) is 5.09. The van der Waals surface area contributed by atoms with E-state index in [1.54, 1.807) is 18.1 Å². The van der Waals surface area contributed by atoms with Gasteiger partial charge in [0.1, 0.15) is 17.3 Å². The van der Waals surface area contributed by atoms with E-state index in [1.807, 2.05) is 70.1 Å². The zero-order valence-corrected chi connectivity index (χ0v) is 20.8. The quantitative estimate of drug-likeness (QED) is 0.341. The SMILES string of the molecule is CCOc1ccc(C2/C(=C(\O)c3cc(C)c(OC)cc3C)C(=O)C(=O)N2CCCN(C)C)cc1. The second-order valence-corrected chi connectivity index (χ2v) is 8.79. The minimum absolute atomic E-state index is 0.103. The molecule has 1 saturated heterocycles. The van der Waals surface area contributed by atoms with Gasteiger partial charge in [-0.2, -0.15) is 0 Å². The number of hydrogen-bond acceptors (Lipinski definition) is 6. The van der Waals surface area contributed by atoms with Crippen LogP contribution >= 0.6 is 0 Å². The number of aliphatic hydroxyl groups excluding tert-OH is 1. The first-order chi connectivity index (χ1) is 16.2. The third-order valence-electron chi connectivity index (χ3n) is 6.05. The van der Waals surface area contributed by atoms with E-state index in [9.17, 15) is 14.7 Å². The lowest BCUT2D eigenvalue weighted by molar-refractivity contribution is -0.139. The summed E-state index contributed by atoms with van der Waals surface area (Å²) >= 11 is 0. The zero-order chi connectivity index (χ0) is 25.0. The molecule has 0 aliphatic carbocycles. The number of hydrogen-bond donors (Lipinski definition) is 1. The van der Waals surface area contributed by atoms with Crippen molar-refractivity contribution in [2.75, 3.05) is 40.9 Å². The minimum Gasteiger partial charge on any atom is -0.507 e. The lowest BCUT2D eigenvalue weighted by Crippen LogP contribution is -2.32. The molecule has 1 atom stereocenters. The first kappa shape index (κ1) is 25.3. The topological polar surface area (TPSA) is 79.3 Å². The van der Waals surface area contributed by atoms with Crippen molar-refractivity contribution in [1.82, 2.24) is 9.80 Å². The number of carbonyl (C=O) groups is 2. The molecule has 1 unspecified atom stereocenters. The number of ether oxygens (including phenoxy) is 2. The highest BCUT2D eigenvalue weighted by Crippen LogP contribution is 2.41. The molecule has 0 bridgehead atoms. The fourth-order valence-electron chi connectivity index (χ4n) is 4.34. The summed E-state index contributed by atoms with van der Waals surface area (Å²) in [5.74, 6) is -0.0366. The second kappa shape index (κ2) is 10.7. The molecular weight excluding hydrogens is 432 g/mol. The van der Waals surface area contributed by atoms with Crippen molar-refractivity contribution in [3.63, 3.8) is 0 Å². The van der Waals surface area contributed by atoms with Crippen LogP contribution in [0.5, 0.6) is 11.5 Å². The van der Waals surface area contributed by atoms with E-state index in [-0.39, 0.29) is 11.3 Å². The smallest absolute Gasteiger partial charge is 0.295 e. The number of ketones is 1. The Kier molecular flexibility index (Phi) is 7.99. The first-order valence-corrected chi connectivity index (χ1v) is 11.5. The van der Waals surface area contributed by atoms with Gasteiger partial charge in [0.05, 0.1) is 25.3 Å². The minimum atomic E-state index is -0.681. The van der Waals surface area contributed by atoms with Gasteiger partial charge in [-0.05, 0) is 88.8 Å². The highest BCUT2D eigenvalue weighted by atomic mass is 16.5. The lowest BCUT2D eigenvalue weighted by Gasteiger charge is -2.26. The van der Waals surface area contributed by atoms with E-state index in [1.165, 1.54) is 0 Å². The van der Waals surface area contributed by atoms with Crippen LogP contribution in [0.3, 0.4) is 0 Å². The van der Waals surface area contributed by atoms with E-state index in [4.69, 9.17) is 9.47 Å². The normalized spacial score (nSPS) is 17.5. The number of methoxy groups -OCH3 is 1. The molecule has 2 aromatic carbocycles. The molecular formula is C27H34N2O5. The second-order valence-electron chi connectivity index (χ2n) is 8.79. The Hall–Kier alpha value is -3.32. The van der Waals surface area contributed by atoms with E-state index in [2.05, 4.69) is 0 Å². The number of Topliss-reactive ketones (excluding diaryl/α,β-unsaturated/α-hetero) is 1. The van der Waals surface area contributed by atoms with Crippen LogP contribution < -0.4 is 9.47 Å². The Bertz CT molecular complexity index is 1090. The fraction of sp³-hybridized carbons (Fsp3) is 0.407. The maximum atomic E-state index is 13.2. The number of nitrogens with zero attached hydrogens (tertiary/aromatic N) is 2. The van der Waals surface area contributed by atoms with Crippen LogP contribution in [-0.2, 0) is 9.59 Å². The van der Waals surface area contributed by atoms with Gasteiger partial charge in [-0.25, -0.2) is 0 Å². The fourth-order valence-corrected chi connectivity index (χ4v) is 4.34. The van der Waals surface area contributed by atoms with Crippen molar-refractivity contribution in [3.05, 3.63) is 64.2 Å². The van der Waals surface area contributed by atoms with Gasteiger partial charge in [-0.15, -0.1) is 0 Å². The molecule has 1 heterocycles. The number of benzene rings is 2. The molecule has 0 aromatic heterocycles. The van der Waals surface area contributed by atoms with Crippen molar-refractivity contribution in [1.29, 1.82) is 0 Å². The van der Waals surface area contributed by atoms with Gasteiger partial charge in [-0.3, -0.25) is 9.59 Å². The molecule has 2 aromatic rings. The molecule has 0 spiro atoms. The van der Waals surface area contributed by atoms with Gasteiger partial charge in [0.25, 0.3) is 11.7 Å². The summed E-state index contributed by atoms with van der Waals surface area (Å²) in [5, 5.41) is 11.4. The molecule has 7 heteroatoms. The molecule has 1 fully saturated rings. The van der Waals surface area contributed by atoms with Gasteiger partial charge in [0, 0.05) is 12.1 Å². The summed E-state index contributed by atoms with van der Waals surface area (Å²) in [6.45, 7) is 7.34. The summed E-state index contributed by atoms with van der Waals surface area (Å²) in [6, 6.07) is 10.3. The van der Waals surface area contributed by atoms with E-state index >= 15 is 0 Å². The molecule has 1 aliphatic rings. The monoisotopic (exact) mass is 466 g/mol. The van der Waals surface area contributed by atoms with Gasteiger partial charge in [0.2, 0.25) is 0 Å². The van der Waals surface area contributed by atoms with Gasteiger partial charge >= 0.3 is 0 Å². The van der Waals surface area contributed by atoms with Crippen molar-refractivity contribution in [3.8, 4) is 11.5 Å². The van der Waals surface area contributed by atoms with E-state index in [0.717, 1.165) is 23.2 Å². The molecule has 1 N–H and O–H groups in total. The van der Waals surface area contributed by atoms with Gasteiger partial charge < -0.3 is 24.4 Å². The zero-order valence-electron chi connectivity index (χ0n) is 20.8. The predicted octanol–water partition coefficient (Wildman–Crippen LogP) is 4.08. The predicted molar refractivity (Wildman–Crippen MR) is 132 cm³/mol. The molecule has 3 rings (SSSR count). The number of aryl methyl sites for hydroxylation is 2. The molecule has 1 aliphatic heterocycles. The number of amides is 1. The number of rotatable bonds is 9. The van der Waals surface area contributed by atoms with Crippen molar-refractivity contribution < 1.29 is 24.2 Å². The summed E-state index contributed by atoms with van der Waals surface area (Å²) < 4.78 is 10.9. The lowest BCUT2D eigenvalue weighted by atomic mass is 9.93. The van der Waals surface area contributed by atoms with E-state index < -0.39 is 17.7 Å². The maximum absolute atomic E-state index is 13.2. The Morgan fingerprint density at radius 3 is 2.35 bits per heavy atom. The van der Waals surface area contributed by atoms with Gasteiger partial charge in [0.15, 0.2) is 0 Å². The highest BCUT2D eigenvalue weighted by molar-refractivity contribution is 6.46. The maximum Gasteiger partial charge on any atom is 0.295 e. The number of likely N-dealkylation sites (tertiary alicyclic amines) is 1. The van der Waals surface area contributed by atoms with Crippen molar-refractivity contribution in [2.24, 2.45) is 0 Å². The van der Waals surface area contributed by atoms with Crippen LogP contribution in [0.4, 0.5) is 0 Å². The molecule has 7 nitrogen and oxygen atoms in total. The summed E-state index contributed by atoms with van der Waals surface area (Å²) in [5.41, 5.74) is 2.95. The van der Waals surface area contributed by atoms with Crippen LogP contribution in [0.15, 0.2) is 42.0 Å². The Balaban J connectivity index is 2.13. The molecule has 34 heavy (non-hydrogen) atoms. The summed E-state index contributed by atoms with van der Waals surface area (Å²) in [4.78, 5) is 29.9. The van der Waals surface area contributed by atoms with Crippen LogP contribution in [0.2, 0.25) is 0 Å². The largest absolute Gasteiger partial charge is 0.507 e. The van der Waals surface area contributed by atoms with Crippen LogP contribution in [0, 0.1) is 13.8 Å². The van der Waals surface area contributed by atoms with Crippen molar-refractivity contribution >= 4 is 17.4 Å². The Labute approximate surface area is 201 Å².